The number of rotatable bonds is 4. The number of benzene rings is 1. The molecule has 0 spiro atoms. The predicted molar refractivity (Wildman–Crippen MR) is 80.7 cm³/mol. The van der Waals surface area contributed by atoms with Gasteiger partial charge in [0.2, 0.25) is 0 Å². The lowest BCUT2D eigenvalue weighted by Crippen LogP contribution is -2.35. The molecule has 0 aliphatic carbocycles. The second kappa shape index (κ2) is 5.95. The Morgan fingerprint density at radius 2 is 2.00 bits per heavy atom. The summed E-state index contributed by atoms with van der Waals surface area (Å²) in [6, 6.07) is 10.3. The Hall–Kier alpha value is -1.72. The Kier molecular flexibility index (Phi) is 4.03. The molecule has 1 aliphatic rings. The van der Waals surface area contributed by atoms with E-state index in [-0.39, 0.29) is 11.8 Å². The summed E-state index contributed by atoms with van der Waals surface area (Å²) >= 11 is 1.56. The molecule has 2 aromatic rings. The summed E-state index contributed by atoms with van der Waals surface area (Å²) in [5.41, 5.74) is 1.75. The van der Waals surface area contributed by atoms with Crippen molar-refractivity contribution in [3.63, 3.8) is 0 Å². The first-order valence-electron chi connectivity index (χ1n) is 7.01. The highest BCUT2D eigenvalue weighted by Gasteiger charge is 2.38. The van der Waals surface area contributed by atoms with Crippen molar-refractivity contribution in [1.82, 2.24) is 4.98 Å². The van der Waals surface area contributed by atoms with Crippen molar-refractivity contribution < 1.29 is 14.6 Å². The molecule has 2 heterocycles. The quantitative estimate of drug-likeness (QED) is 0.943. The second-order valence-electron chi connectivity index (χ2n) is 5.28. The van der Waals surface area contributed by atoms with E-state index < -0.39 is 5.97 Å². The fourth-order valence-corrected chi connectivity index (χ4v) is 3.97. The standard InChI is InChI=1S/C16H17NO3S/c18-14(19)10-13-11-21-15(17-13)16(6-8-20-9-7-16)12-4-2-1-3-5-12/h1-5,11H,6-10H2,(H,18,19). The zero-order valence-electron chi connectivity index (χ0n) is 11.6. The average molecular weight is 303 g/mol. The molecule has 1 N–H and O–H groups in total. The van der Waals surface area contributed by atoms with Gasteiger partial charge >= 0.3 is 5.97 Å². The van der Waals surface area contributed by atoms with E-state index in [1.165, 1.54) is 5.56 Å². The first kappa shape index (κ1) is 14.2. The number of thiazole rings is 1. The van der Waals surface area contributed by atoms with Gasteiger partial charge in [-0.3, -0.25) is 4.79 Å². The summed E-state index contributed by atoms with van der Waals surface area (Å²) in [7, 11) is 0. The molecule has 3 rings (SSSR count). The highest BCUT2D eigenvalue weighted by molar-refractivity contribution is 7.09. The van der Waals surface area contributed by atoms with Crippen LogP contribution in [0.15, 0.2) is 35.7 Å². The maximum absolute atomic E-state index is 10.8. The average Bonchev–Trinajstić information content (AvgIpc) is 2.97. The number of nitrogens with zero attached hydrogens (tertiary/aromatic N) is 1. The van der Waals surface area contributed by atoms with E-state index in [9.17, 15) is 4.79 Å². The molecule has 1 aliphatic heterocycles. The van der Waals surface area contributed by atoms with Crippen LogP contribution in [0.3, 0.4) is 0 Å². The van der Waals surface area contributed by atoms with Crippen molar-refractivity contribution in [1.29, 1.82) is 0 Å². The van der Waals surface area contributed by atoms with Gasteiger partial charge in [0, 0.05) is 18.6 Å². The normalized spacial score (nSPS) is 17.5. The monoisotopic (exact) mass is 303 g/mol. The van der Waals surface area contributed by atoms with Gasteiger partial charge in [-0.05, 0) is 18.4 Å². The van der Waals surface area contributed by atoms with Crippen LogP contribution in [0.1, 0.15) is 29.1 Å². The number of hydrogen-bond acceptors (Lipinski definition) is 4. The minimum atomic E-state index is -0.840. The number of aliphatic carboxylic acids is 1. The third kappa shape index (κ3) is 2.84. The molecular formula is C16H17NO3S. The number of carboxylic acids is 1. The summed E-state index contributed by atoms with van der Waals surface area (Å²) in [5.74, 6) is -0.840. The Labute approximate surface area is 127 Å². The molecule has 0 amide bonds. The summed E-state index contributed by atoms with van der Waals surface area (Å²) in [6.07, 6.45) is 1.76. The SMILES string of the molecule is O=C(O)Cc1csc(C2(c3ccccc3)CCOCC2)n1. The van der Waals surface area contributed by atoms with Crippen molar-refractivity contribution in [2.45, 2.75) is 24.7 Å². The van der Waals surface area contributed by atoms with E-state index in [0.29, 0.717) is 18.9 Å². The zero-order chi connectivity index (χ0) is 14.7. The molecule has 1 fully saturated rings. The summed E-state index contributed by atoms with van der Waals surface area (Å²) in [4.78, 5) is 15.5. The minimum Gasteiger partial charge on any atom is -0.481 e. The first-order valence-corrected chi connectivity index (χ1v) is 7.89. The van der Waals surface area contributed by atoms with E-state index in [2.05, 4.69) is 17.1 Å². The minimum absolute atomic E-state index is 0.0160. The molecule has 0 saturated carbocycles. The Balaban J connectivity index is 1.99. The van der Waals surface area contributed by atoms with Crippen LogP contribution in [-0.4, -0.2) is 29.3 Å². The third-order valence-corrected chi connectivity index (χ3v) is 5.06. The van der Waals surface area contributed by atoms with E-state index in [0.717, 1.165) is 17.8 Å². The number of carboxylic acid groups (broad SMARTS) is 1. The van der Waals surface area contributed by atoms with Crippen LogP contribution in [0.2, 0.25) is 0 Å². The predicted octanol–water partition coefficient (Wildman–Crippen LogP) is 2.87. The van der Waals surface area contributed by atoms with Gasteiger partial charge in [0.05, 0.1) is 17.5 Å². The summed E-state index contributed by atoms with van der Waals surface area (Å²) < 4.78 is 5.52. The molecular weight excluding hydrogens is 286 g/mol. The molecule has 5 heteroatoms. The molecule has 1 saturated heterocycles. The lowest BCUT2D eigenvalue weighted by Gasteiger charge is -2.36. The Bertz CT molecular complexity index is 617. The molecule has 4 nitrogen and oxygen atoms in total. The van der Waals surface area contributed by atoms with Crippen molar-refractivity contribution in [3.8, 4) is 0 Å². The van der Waals surface area contributed by atoms with Crippen LogP contribution >= 0.6 is 11.3 Å². The second-order valence-corrected chi connectivity index (χ2v) is 6.13. The zero-order valence-corrected chi connectivity index (χ0v) is 12.4. The molecule has 1 aromatic carbocycles. The number of hydrogen-bond donors (Lipinski definition) is 1. The van der Waals surface area contributed by atoms with Crippen molar-refractivity contribution in [2.75, 3.05) is 13.2 Å². The molecule has 0 unspecified atom stereocenters. The van der Waals surface area contributed by atoms with Gasteiger partial charge in [0.1, 0.15) is 5.01 Å². The topological polar surface area (TPSA) is 59.4 Å². The molecule has 1 aromatic heterocycles. The lowest BCUT2D eigenvalue weighted by atomic mass is 9.74. The molecule has 0 atom stereocenters. The van der Waals surface area contributed by atoms with Crippen LogP contribution in [0, 0.1) is 0 Å². The van der Waals surface area contributed by atoms with Crippen molar-refractivity contribution in [2.24, 2.45) is 0 Å². The molecule has 110 valence electrons. The maximum Gasteiger partial charge on any atom is 0.309 e. The Morgan fingerprint density at radius 1 is 1.29 bits per heavy atom. The van der Waals surface area contributed by atoms with Crippen molar-refractivity contribution in [3.05, 3.63) is 52.0 Å². The molecule has 21 heavy (non-hydrogen) atoms. The molecule has 0 bridgehead atoms. The van der Waals surface area contributed by atoms with E-state index in [1.807, 2.05) is 23.6 Å². The third-order valence-electron chi connectivity index (χ3n) is 3.97. The maximum atomic E-state index is 10.8. The van der Waals surface area contributed by atoms with Gasteiger partial charge in [-0.1, -0.05) is 30.3 Å². The fourth-order valence-electron chi connectivity index (χ4n) is 2.87. The number of aromatic nitrogens is 1. The van der Waals surface area contributed by atoms with Crippen LogP contribution in [-0.2, 0) is 21.4 Å². The van der Waals surface area contributed by atoms with Gasteiger partial charge in [-0.25, -0.2) is 4.98 Å². The van der Waals surface area contributed by atoms with Gasteiger partial charge in [0.15, 0.2) is 0 Å². The van der Waals surface area contributed by atoms with Crippen LogP contribution in [0.25, 0.3) is 0 Å². The number of ether oxygens (including phenoxy) is 1. The highest BCUT2D eigenvalue weighted by Crippen LogP contribution is 2.42. The Morgan fingerprint density at radius 3 is 2.67 bits per heavy atom. The van der Waals surface area contributed by atoms with E-state index in [4.69, 9.17) is 9.84 Å². The van der Waals surface area contributed by atoms with Gasteiger partial charge in [-0.15, -0.1) is 11.3 Å². The fraction of sp³-hybridized carbons (Fsp3) is 0.375. The van der Waals surface area contributed by atoms with E-state index >= 15 is 0 Å². The van der Waals surface area contributed by atoms with Gasteiger partial charge < -0.3 is 9.84 Å². The summed E-state index contributed by atoms with van der Waals surface area (Å²) in [6.45, 7) is 1.42. The van der Waals surface area contributed by atoms with Crippen molar-refractivity contribution >= 4 is 17.3 Å². The lowest BCUT2D eigenvalue weighted by molar-refractivity contribution is -0.136. The molecule has 0 radical (unpaired) electrons. The summed E-state index contributed by atoms with van der Waals surface area (Å²) in [5, 5.41) is 11.8. The van der Waals surface area contributed by atoms with Gasteiger partial charge in [0.25, 0.3) is 0 Å². The largest absolute Gasteiger partial charge is 0.481 e. The van der Waals surface area contributed by atoms with E-state index in [1.54, 1.807) is 11.3 Å². The van der Waals surface area contributed by atoms with Crippen LogP contribution in [0.5, 0.6) is 0 Å². The van der Waals surface area contributed by atoms with Crippen LogP contribution < -0.4 is 0 Å². The van der Waals surface area contributed by atoms with Gasteiger partial charge in [-0.2, -0.15) is 0 Å². The smallest absolute Gasteiger partial charge is 0.309 e. The van der Waals surface area contributed by atoms with Crippen LogP contribution in [0.4, 0.5) is 0 Å². The highest BCUT2D eigenvalue weighted by atomic mass is 32.1. The number of carbonyl (C=O) groups is 1. The first-order chi connectivity index (χ1) is 10.2.